The summed E-state index contributed by atoms with van der Waals surface area (Å²) < 4.78 is 30.5. The van der Waals surface area contributed by atoms with Crippen molar-refractivity contribution in [2.75, 3.05) is 7.11 Å². The highest BCUT2D eigenvalue weighted by Gasteiger charge is 2.21. The highest BCUT2D eigenvalue weighted by Crippen LogP contribution is 2.33. The highest BCUT2D eigenvalue weighted by molar-refractivity contribution is 5.43. The van der Waals surface area contributed by atoms with E-state index in [1.807, 2.05) is 6.07 Å². The van der Waals surface area contributed by atoms with Gasteiger partial charge in [0.2, 0.25) is 0 Å². The Morgan fingerprint density at radius 3 is 2.75 bits per heavy atom. The van der Waals surface area contributed by atoms with Crippen LogP contribution in [-0.4, -0.2) is 12.1 Å². The van der Waals surface area contributed by atoms with E-state index in [9.17, 15) is 8.78 Å². The van der Waals surface area contributed by atoms with Crippen LogP contribution in [0.3, 0.4) is 0 Å². The maximum absolute atomic E-state index is 12.9. The van der Waals surface area contributed by atoms with Gasteiger partial charge in [-0.05, 0) is 0 Å². The lowest BCUT2D eigenvalue weighted by Gasteiger charge is -2.13. The van der Waals surface area contributed by atoms with Crippen LogP contribution in [0.1, 0.15) is 23.2 Å². The number of halogens is 2. The number of pyridine rings is 1. The fraction of sp³-hybridized carbons (Fsp3) is 0.400. The van der Waals surface area contributed by atoms with Crippen LogP contribution < -0.4 is 10.5 Å². The number of nitrogens with two attached hydrogens (primary N) is 1. The van der Waals surface area contributed by atoms with Crippen molar-refractivity contribution in [3.8, 4) is 11.8 Å². The minimum Gasteiger partial charge on any atom is -0.495 e. The molecule has 0 aliphatic carbocycles. The van der Waals surface area contributed by atoms with E-state index in [0.717, 1.165) is 0 Å². The summed E-state index contributed by atoms with van der Waals surface area (Å²) in [6, 6.07) is 1.82. The molecule has 16 heavy (non-hydrogen) atoms. The topological polar surface area (TPSA) is 71.9 Å². The molecule has 0 saturated heterocycles. The summed E-state index contributed by atoms with van der Waals surface area (Å²) in [6.07, 6.45) is -1.67. The summed E-state index contributed by atoms with van der Waals surface area (Å²) in [5, 5.41) is 8.61. The summed E-state index contributed by atoms with van der Waals surface area (Å²) >= 11 is 0. The molecule has 0 bridgehead atoms. The molecule has 6 heteroatoms. The summed E-state index contributed by atoms with van der Waals surface area (Å²) in [4.78, 5) is 3.90. The molecule has 1 aromatic heterocycles. The minimum absolute atomic E-state index is 0.0146. The Morgan fingerprint density at radius 1 is 1.62 bits per heavy atom. The number of rotatable bonds is 4. The smallest absolute Gasteiger partial charge is 0.267 e. The summed E-state index contributed by atoms with van der Waals surface area (Å²) in [6.45, 7) is 0.0146. The van der Waals surface area contributed by atoms with Crippen LogP contribution in [0.2, 0.25) is 0 Å². The molecule has 2 N–H and O–H groups in total. The van der Waals surface area contributed by atoms with Crippen LogP contribution in [0.4, 0.5) is 8.78 Å². The molecule has 0 saturated carbocycles. The van der Waals surface area contributed by atoms with Gasteiger partial charge in [0.1, 0.15) is 5.75 Å². The molecular weight excluding hydrogens is 216 g/mol. The molecule has 86 valence electrons. The van der Waals surface area contributed by atoms with Crippen LogP contribution in [0, 0.1) is 11.3 Å². The van der Waals surface area contributed by atoms with Crippen LogP contribution >= 0.6 is 0 Å². The number of hydrogen-bond donors (Lipinski definition) is 1. The van der Waals surface area contributed by atoms with E-state index in [0.29, 0.717) is 5.69 Å². The minimum atomic E-state index is -2.72. The van der Waals surface area contributed by atoms with Gasteiger partial charge in [0.25, 0.3) is 6.43 Å². The molecule has 0 atom stereocenters. The molecule has 4 nitrogen and oxygen atoms in total. The van der Waals surface area contributed by atoms with Crippen molar-refractivity contribution >= 4 is 0 Å². The first kappa shape index (κ1) is 12.3. The lowest BCUT2D eigenvalue weighted by molar-refractivity contribution is 0.145. The average molecular weight is 227 g/mol. The molecule has 0 aromatic carbocycles. The predicted octanol–water partition coefficient (Wildman–Crippen LogP) is 1.55. The molecule has 1 heterocycles. The van der Waals surface area contributed by atoms with Crippen molar-refractivity contribution in [3.63, 3.8) is 0 Å². The van der Waals surface area contributed by atoms with E-state index in [-0.39, 0.29) is 29.8 Å². The Kier molecular flexibility index (Phi) is 4.14. The van der Waals surface area contributed by atoms with Crippen molar-refractivity contribution in [3.05, 3.63) is 23.0 Å². The van der Waals surface area contributed by atoms with Gasteiger partial charge in [-0.15, -0.1) is 0 Å². The van der Waals surface area contributed by atoms with Crippen molar-refractivity contribution in [2.24, 2.45) is 5.73 Å². The number of aromatic nitrogens is 1. The van der Waals surface area contributed by atoms with E-state index < -0.39 is 6.43 Å². The number of nitriles is 1. The van der Waals surface area contributed by atoms with Gasteiger partial charge >= 0.3 is 0 Å². The number of nitrogens with zero attached hydrogens (tertiary/aromatic N) is 2. The van der Waals surface area contributed by atoms with E-state index in [1.54, 1.807) is 0 Å². The van der Waals surface area contributed by atoms with Crippen molar-refractivity contribution in [1.29, 1.82) is 5.26 Å². The molecule has 1 aromatic rings. The third kappa shape index (κ3) is 2.25. The molecule has 0 fully saturated rings. The molecule has 1 rings (SSSR count). The number of methoxy groups -OCH3 is 1. The van der Waals surface area contributed by atoms with Gasteiger partial charge < -0.3 is 10.5 Å². The van der Waals surface area contributed by atoms with E-state index in [4.69, 9.17) is 15.7 Å². The van der Waals surface area contributed by atoms with Gasteiger partial charge in [-0.3, -0.25) is 4.98 Å². The second-order valence-corrected chi connectivity index (χ2v) is 3.01. The summed E-state index contributed by atoms with van der Waals surface area (Å²) in [5.41, 5.74) is 5.56. The molecule has 0 aliphatic heterocycles. The van der Waals surface area contributed by atoms with Gasteiger partial charge in [-0.1, -0.05) is 0 Å². The fourth-order valence-electron chi connectivity index (χ4n) is 1.44. The van der Waals surface area contributed by atoms with Gasteiger partial charge in [0.05, 0.1) is 37.1 Å². The normalized spacial score (nSPS) is 10.2. The molecule has 0 aliphatic rings. The van der Waals surface area contributed by atoms with E-state index in [1.165, 1.54) is 13.3 Å². The Balaban J connectivity index is 3.41. The quantitative estimate of drug-likeness (QED) is 0.847. The maximum atomic E-state index is 12.9. The van der Waals surface area contributed by atoms with Crippen molar-refractivity contribution in [2.45, 2.75) is 19.4 Å². The lowest BCUT2D eigenvalue weighted by Crippen LogP contribution is -2.09. The van der Waals surface area contributed by atoms with Crippen LogP contribution in [0.15, 0.2) is 6.20 Å². The first-order valence-corrected chi connectivity index (χ1v) is 4.55. The van der Waals surface area contributed by atoms with E-state index >= 15 is 0 Å². The van der Waals surface area contributed by atoms with Gasteiger partial charge in [0, 0.05) is 12.1 Å². The molecule has 0 spiro atoms. The number of alkyl halides is 2. The Morgan fingerprint density at radius 2 is 2.31 bits per heavy atom. The third-order valence-corrected chi connectivity index (χ3v) is 2.16. The molecule has 0 amide bonds. The molecule has 0 unspecified atom stereocenters. The molecule has 0 radical (unpaired) electrons. The summed E-state index contributed by atoms with van der Waals surface area (Å²) in [7, 11) is 1.28. The van der Waals surface area contributed by atoms with Crippen LogP contribution in [0.5, 0.6) is 5.75 Å². The SMILES string of the molecule is COc1cnc(CN)c(CC#N)c1C(F)F. The fourth-order valence-corrected chi connectivity index (χ4v) is 1.44. The average Bonchev–Trinajstić information content (AvgIpc) is 2.28. The first-order valence-electron chi connectivity index (χ1n) is 4.55. The highest BCUT2D eigenvalue weighted by atomic mass is 19.3. The second kappa shape index (κ2) is 5.37. The number of hydrogen-bond acceptors (Lipinski definition) is 4. The predicted molar refractivity (Wildman–Crippen MR) is 53.0 cm³/mol. The van der Waals surface area contributed by atoms with Gasteiger partial charge in [0.15, 0.2) is 0 Å². The Bertz CT molecular complexity index is 415. The lowest BCUT2D eigenvalue weighted by atomic mass is 10.0. The van der Waals surface area contributed by atoms with E-state index in [2.05, 4.69) is 4.98 Å². The number of ether oxygens (including phenoxy) is 1. The Labute approximate surface area is 91.7 Å². The second-order valence-electron chi connectivity index (χ2n) is 3.01. The molecular formula is C10H11F2N3O. The van der Waals surface area contributed by atoms with Crippen molar-refractivity contribution < 1.29 is 13.5 Å². The van der Waals surface area contributed by atoms with Crippen LogP contribution in [-0.2, 0) is 13.0 Å². The Hall–Kier alpha value is -1.74. The zero-order valence-electron chi connectivity index (χ0n) is 8.70. The largest absolute Gasteiger partial charge is 0.495 e. The van der Waals surface area contributed by atoms with Gasteiger partial charge in [-0.2, -0.15) is 5.26 Å². The first-order chi connectivity index (χ1) is 7.65. The monoisotopic (exact) mass is 227 g/mol. The standard InChI is InChI=1S/C10H11F2N3O/c1-16-8-5-15-7(4-14)6(2-3-13)9(8)10(11)12/h5,10H,2,4,14H2,1H3. The van der Waals surface area contributed by atoms with Gasteiger partial charge in [-0.25, -0.2) is 8.78 Å². The third-order valence-electron chi connectivity index (χ3n) is 2.16. The van der Waals surface area contributed by atoms with Crippen molar-refractivity contribution in [1.82, 2.24) is 4.98 Å². The zero-order valence-corrected chi connectivity index (χ0v) is 8.70. The maximum Gasteiger partial charge on any atom is 0.267 e. The zero-order chi connectivity index (χ0) is 12.1. The van der Waals surface area contributed by atoms with Crippen LogP contribution in [0.25, 0.3) is 0 Å². The summed E-state index contributed by atoms with van der Waals surface area (Å²) in [5.74, 6) is -0.0162.